The van der Waals surface area contributed by atoms with Crippen LogP contribution in [0.1, 0.15) is 24.1 Å². The number of aryl methyl sites for hydroxylation is 1. The van der Waals surface area contributed by atoms with Crippen LogP contribution in [0.3, 0.4) is 0 Å². The summed E-state index contributed by atoms with van der Waals surface area (Å²) in [6, 6.07) is 17.8. The van der Waals surface area contributed by atoms with E-state index in [0.717, 1.165) is 15.4 Å². The van der Waals surface area contributed by atoms with Crippen LogP contribution in [0, 0.1) is 6.92 Å². The molecule has 3 aromatic carbocycles. The predicted octanol–water partition coefficient (Wildman–Crippen LogP) is 5.38. The molecule has 0 fully saturated rings. The Morgan fingerprint density at radius 2 is 1.58 bits per heavy atom. The van der Waals surface area contributed by atoms with Gasteiger partial charge in [-0.2, -0.15) is 0 Å². The third-order valence-electron chi connectivity index (χ3n) is 5.04. The minimum Gasteiger partial charge on any atom is -0.495 e. The van der Waals surface area contributed by atoms with Crippen molar-refractivity contribution in [2.24, 2.45) is 0 Å². The monoisotopic (exact) mass is 506 g/mol. The molecule has 0 saturated carbocycles. The SMILES string of the molecule is COc1ccc(C)cc1S(=O)(=O)N(CC(=O)NC(C)c1ccc(Cl)cc1)c1ccc(Cl)cc1. The van der Waals surface area contributed by atoms with Crippen molar-refractivity contribution in [3.05, 3.63) is 87.9 Å². The summed E-state index contributed by atoms with van der Waals surface area (Å²) in [7, 11) is -2.75. The fourth-order valence-corrected chi connectivity index (χ4v) is 5.20. The van der Waals surface area contributed by atoms with E-state index in [9.17, 15) is 13.2 Å². The van der Waals surface area contributed by atoms with Crippen LogP contribution >= 0.6 is 23.2 Å². The molecule has 0 aliphatic carbocycles. The molecule has 174 valence electrons. The highest BCUT2D eigenvalue weighted by Gasteiger charge is 2.30. The maximum absolute atomic E-state index is 13.7. The number of sulfonamides is 1. The molecule has 0 spiro atoms. The van der Waals surface area contributed by atoms with E-state index in [1.165, 1.54) is 13.2 Å². The van der Waals surface area contributed by atoms with Crippen LogP contribution in [-0.4, -0.2) is 28.0 Å². The van der Waals surface area contributed by atoms with Crippen LogP contribution in [0.15, 0.2) is 71.6 Å². The molecule has 1 amide bonds. The van der Waals surface area contributed by atoms with Crippen molar-refractivity contribution in [2.75, 3.05) is 18.0 Å². The van der Waals surface area contributed by atoms with Crippen LogP contribution in [0.4, 0.5) is 5.69 Å². The number of carbonyl (C=O) groups is 1. The molecule has 6 nitrogen and oxygen atoms in total. The number of benzene rings is 3. The molecule has 9 heteroatoms. The Morgan fingerprint density at radius 1 is 1.00 bits per heavy atom. The molecule has 0 bridgehead atoms. The van der Waals surface area contributed by atoms with E-state index in [1.54, 1.807) is 67.6 Å². The van der Waals surface area contributed by atoms with Gasteiger partial charge in [-0.1, -0.05) is 41.4 Å². The summed E-state index contributed by atoms with van der Waals surface area (Å²) in [5.41, 5.74) is 1.89. The van der Waals surface area contributed by atoms with Gasteiger partial charge in [-0.15, -0.1) is 0 Å². The maximum atomic E-state index is 13.7. The quantitative estimate of drug-likeness (QED) is 0.444. The minimum atomic E-state index is -4.15. The number of ether oxygens (including phenoxy) is 1. The van der Waals surface area contributed by atoms with Gasteiger partial charge in [0.25, 0.3) is 10.0 Å². The van der Waals surface area contributed by atoms with Gasteiger partial charge in [-0.25, -0.2) is 8.42 Å². The third kappa shape index (κ3) is 5.99. The number of amides is 1. The van der Waals surface area contributed by atoms with Gasteiger partial charge in [0, 0.05) is 10.0 Å². The number of methoxy groups -OCH3 is 1. The van der Waals surface area contributed by atoms with Gasteiger partial charge in [0.2, 0.25) is 5.91 Å². The number of carbonyl (C=O) groups excluding carboxylic acids is 1. The van der Waals surface area contributed by atoms with E-state index in [1.807, 2.05) is 6.92 Å². The fraction of sp³-hybridized carbons (Fsp3) is 0.208. The first-order chi connectivity index (χ1) is 15.6. The lowest BCUT2D eigenvalue weighted by molar-refractivity contribution is -0.120. The normalized spacial score (nSPS) is 12.2. The number of anilines is 1. The predicted molar refractivity (Wildman–Crippen MR) is 132 cm³/mol. The molecule has 0 heterocycles. The Kier molecular flexibility index (Phi) is 7.89. The first-order valence-electron chi connectivity index (χ1n) is 10.1. The van der Waals surface area contributed by atoms with Crippen molar-refractivity contribution in [2.45, 2.75) is 24.8 Å². The average molecular weight is 507 g/mol. The lowest BCUT2D eigenvalue weighted by Gasteiger charge is -2.26. The van der Waals surface area contributed by atoms with Crippen molar-refractivity contribution < 1.29 is 17.9 Å². The second-order valence-corrected chi connectivity index (χ2v) is 10.2. The second-order valence-electron chi connectivity index (χ2n) is 7.48. The van der Waals surface area contributed by atoms with Crippen LogP contribution < -0.4 is 14.4 Å². The van der Waals surface area contributed by atoms with Crippen LogP contribution in [0.25, 0.3) is 0 Å². The van der Waals surface area contributed by atoms with Gasteiger partial charge < -0.3 is 10.1 Å². The molecule has 1 unspecified atom stereocenters. The Hall–Kier alpha value is -2.74. The zero-order valence-electron chi connectivity index (χ0n) is 18.4. The Bertz CT molecular complexity index is 1230. The Labute approximate surface area is 204 Å². The Morgan fingerprint density at radius 3 is 2.15 bits per heavy atom. The summed E-state index contributed by atoms with van der Waals surface area (Å²) >= 11 is 11.9. The summed E-state index contributed by atoms with van der Waals surface area (Å²) in [6.45, 7) is 3.16. The third-order valence-corrected chi connectivity index (χ3v) is 7.34. The van der Waals surface area contributed by atoms with E-state index in [2.05, 4.69) is 5.32 Å². The number of halogens is 2. The van der Waals surface area contributed by atoms with Gasteiger partial charge in [-0.3, -0.25) is 9.10 Å². The van der Waals surface area contributed by atoms with Crippen molar-refractivity contribution in [1.82, 2.24) is 5.32 Å². The van der Waals surface area contributed by atoms with Crippen molar-refractivity contribution >= 4 is 44.8 Å². The number of rotatable bonds is 8. The van der Waals surface area contributed by atoms with Crippen LogP contribution in [0.2, 0.25) is 10.0 Å². The zero-order valence-corrected chi connectivity index (χ0v) is 20.7. The molecule has 1 N–H and O–H groups in total. The molecule has 3 aromatic rings. The van der Waals surface area contributed by atoms with Crippen molar-refractivity contribution in [3.8, 4) is 5.75 Å². The summed E-state index contributed by atoms with van der Waals surface area (Å²) in [4.78, 5) is 12.9. The van der Waals surface area contributed by atoms with E-state index >= 15 is 0 Å². The molecule has 0 aliphatic rings. The lowest BCUT2D eigenvalue weighted by Crippen LogP contribution is -2.41. The summed E-state index contributed by atoms with van der Waals surface area (Å²) in [5, 5.41) is 3.88. The summed E-state index contributed by atoms with van der Waals surface area (Å²) in [5.74, 6) is -0.280. The molecule has 0 radical (unpaired) electrons. The highest BCUT2D eigenvalue weighted by molar-refractivity contribution is 7.93. The smallest absolute Gasteiger partial charge is 0.268 e. The molecular formula is C24H24Cl2N2O4S. The van der Waals surface area contributed by atoms with Crippen LogP contribution in [0.5, 0.6) is 5.75 Å². The van der Waals surface area contributed by atoms with Gasteiger partial charge in [0.1, 0.15) is 17.2 Å². The van der Waals surface area contributed by atoms with Crippen LogP contribution in [-0.2, 0) is 14.8 Å². The van der Waals surface area contributed by atoms with E-state index in [-0.39, 0.29) is 16.7 Å². The van der Waals surface area contributed by atoms with Gasteiger partial charge in [-0.05, 0) is 73.5 Å². The van der Waals surface area contributed by atoms with E-state index in [0.29, 0.717) is 15.7 Å². The van der Waals surface area contributed by atoms with Gasteiger partial charge in [0.15, 0.2) is 0 Å². The minimum absolute atomic E-state index is 0.0292. The lowest BCUT2D eigenvalue weighted by atomic mass is 10.1. The molecule has 1 atom stereocenters. The second kappa shape index (κ2) is 10.5. The molecular weight excluding hydrogens is 483 g/mol. The van der Waals surface area contributed by atoms with Crippen molar-refractivity contribution in [1.29, 1.82) is 0 Å². The molecule has 0 saturated heterocycles. The number of nitrogens with one attached hydrogen (secondary N) is 1. The van der Waals surface area contributed by atoms with E-state index in [4.69, 9.17) is 27.9 Å². The fourth-order valence-electron chi connectivity index (χ4n) is 3.28. The molecule has 3 rings (SSSR count). The number of hydrogen-bond acceptors (Lipinski definition) is 4. The average Bonchev–Trinajstić information content (AvgIpc) is 2.78. The topological polar surface area (TPSA) is 75.7 Å². The highest BCUT2D eigenvalue weighted by Crippen LogP contribution is 2.31. The van der Waals surface area contributed by atoms with Gasteiger partial charge in [0.05, 0.1) is 18.8 Å². The molecule has 33 heavy (non-hydrogen) atoms. The molecule has 0 aromatic heterocycles. The summed E-state index contributed by atoms with van der Waals surface area (Å²) in [6.07, 6.45) is 0. The standard InChI is InChI=1S/C24H24Cl2N2O4S/c1-16-4-13-22(32-3)23(14-16)33(30,31)28(21-11-9-20(26)10-12-21)15-24(29)27-17(2)18-5-7-19(25)8-6-18/h4-14,17H,15H2,1-3H3,(H,27,29). The zero-order chi connectivity index (χ0) is 24.2. The number of nitrogens with zero attached hydrogens (tertiary/aromatic N) is 1. The Balaban J connectivity index is 1.95. The van der Waals surface area contributed by atoms with E-state index < -0.39 is 22.5 Å². The molecule has 0 aliphatic heterocycles. The van der Waals surface area contributed by atoms with Crippen molar-refractivity contribution in [3.63, 3.8) is 0 Å². The summed E-state index contributed by atoms with van der Waals surface area (Å²) < 4.78 is 33.7. The highest BCUT2D eigenvalue weighted by atomic mass is 35.5. The van der Waals surface area contributed by atoms with Gasteiger partial charge >= 0.3 is 0 Å². The number of hydrogen-bond donors (Lipinski definition) is 1. The first kappa shape index (κ1) is 24.9. The largest absolute Gasteiger partial charge is 0.495 e. The maximum Gasteiger partial charge on any atom is 0.268 e. The first-order valence-corrected chi connectivity index (χ1v) is 12.3.